The maximum atomic E-state index is 15.0. The van der Waals surface area contributed by atoms with Crippen LogP contribution in [0.5, 0.6) is 0 Å². The molecular formula is C47H70N6O14S. The molecule has 3 amide bonds. The van der Waals surface area contributed by atoms with E-state index in [0.717, 1.165) is 0 Å². The van der Waals surface area contributed by atoms with Crippen molar-refractivity contribution in [1.29, 1.82) is 0 Å². The standard InChI is InChI=1S/C47H70N6O14S/c1-12-35-47(8)40(53(45(59)67-47)22-21-50-68(60,61)33-18-16-31(17-19-33)51-44(48)58)28(4)37(55)26(2)25-46(7,62-11)41(66-43-38(56)34(52(9)10)23-27(3)63-43)29(5)39(30(6)42(57)64-35)65-36(54)24-32-15-13-14-20-49-32/h13-20,26-30,34-35,38-41,43,50,56H,12,21-25H2,1-11H3,(H3,48,51,58)/t26-,27-,28+,29-,30-,34+,35-,38-,39-,40+,41-,43+,46-,47-/m1/s1. The SMILES string of the molecule is CC[C@H]1OC(=O)[C@H](C)[C@H](OC(=O)Cc2ccccn2)[C@@H](C)[C@@H](O[C@@H]2O[C@H](C)C[C@H](N(C)C)[C@H]2O)[C@](C)(OC)C[C@@H](C)C(=O)[C@H](C)[C@@H]2N(CCNS(=O)(=O)c3ccc(NC(N)=O)cc3)C(=O)O[C@@]21C. The Morgan fingerprint density at radius 2 is 1.71 bits per heavy atom. The lowest BCUT2D eigenvalue weighted by Crippen LogP contribution is -2.61. The number of amides is 3. The molecule has 20 nitrogen and oxygen atoms in total. The second-order valence-electron chi connectivity index (χ2n) is 19.0. The number of likely N-dealkylation sites (N-methyl/N-ethyl adjacent to an activating group) is 1. The van der Waals surface area contributed by atoms with Crippen molar-refractivity contribution in [3.05, 3.63) is 54.4 Å². The van der Waals surface area contributed by atoms with Crippen LogP contribution in [0.2, 0.25) is 0 Å². The Kier molecular flexibility index (Phi) is 17.8. The summed E-state index contributed by atoms with van der Waals surface area (Å²) in [7, 11) is 0.998. The maximum absolute atomic E-state index is 15.0. The number of fused-ring (bicyclic) bond motifs is 1. The van der Waals surface area contributed by atoms with Crippen molar-refractivity contribution in [1.82, 2.24) is 19.5 Å². The number of esters is 2. The fraction of sp³-hybridized carbons (Fsp3) is 0.660. The summed E-state index contributed by atoms with van der Waals surface area (Å²) in [6.07, 6.45) is -5.12. The molecule has 0 spiro atoms. The number of carbonyl (C=O) groups excluding carboxylic acids is 5. The van der Waals surface area contributed by atoms with E-state index in [1.54, 1.807) is 72.9 Å². The number of urea groups is 1. The van der Waals surface area contributed by atoms with Gasteiger partial charge in [0.25, 0.3) is 0 Å². The van der Waals surface area contributed by atoms with Gasteiger partial charge in [0, 0.05) is 55.9 Å². The molecule has 3 fully saturated rings. The summed E-state index contributed by atoms with van der Waals surface area (Å²) in [5.41, 5.74) is 2.84. The highest BCUT2D eigenvalue weighted by molar-refractivity contribution is 7.89. The number of nitrogens with two attached hydrogens (primary N) is 1. The molecule has 5 N–H and O–H groups in total. The predicted molar refractivity (Wildman–Crippen MR) is 247 cm³/mol. The van der Waals surface area contributed by atoms with Crippen LogP contribution in [0.4, 0.5) is 15.3 Å². The fourth-order valence-electron chi connectivity index (χ4n) is 10.1. The number of cyclic esters (lactones) is 1. The summed E-state index contributed by atoms with van der Waals surface area (Å²) in [4.78, 5) is 76.1. The normalized spacial score (nSPS) is 34.1. The van der Waals surface area contributed by atoms with Crippen LogP contribution in [0, 0.1) is 23.7 Å². The Morgan fingerprint density at radius 3 is 2.29 bits per heavy atom. The first-order valence-electron chi connectivity index (χ1n) is 23.1. The molecule has 0 bridgehead atoms. The first-order chi connectivity index (χ1) is 31.9. The Balaban J connectivity index is 1.55. The molecule has 14 atom stereocenters. The highest BCUT2D eigenvalue weighted by Crippen LogP contribution is 2.44. The van der Waals surface area contributed by atoms with Gasteiger partial charge in [-0.05, 0) is 97.5 Å². The van der Waals surface area contributed by atoms with Gasteiger partial charge in [-0.3, -0.25) is 24.3 Å². The molecule has 68 heavy (non-hydrogen) atoms. The minimum absolute atomic E-state index is 0.00752. The number of hydrogen-bond donors (Lipinski definition) is 4. The van der Waals surface area contributed by atoms with Gasteiger partial charge in [-0.25, -0.2) is 22.7 Å². The summed E-state index contributed by atoms with van der Waals surface area (Å²) in [5.74, 6) is -5.69. The number of aromatic nitrogens is 1. The molecule has 2 aromatic rings. The van der Waals surface area contributed by atoms with Gasteiger partial charge in [0.1, 0.15) is 24.1 Å². The van der Waals surface area contributed by atoms with Crippen molar-refractivity contribution in [2.24, 2.45) is 29.4 Å². The molecule has 1 aromatic carbocycles. The van der Waals surface area contributed by atoms with Crippen LogP contribution in [-0.4, -0.2) is 153 Å². The molecule has 3 aliphatic rings. The number of carbonyl (C=O) groups is 5. The molecule has 3 saturated heterocycles. The predicted octanol–water partition coefficient (Wildman–Crippen LogP) is 3.64. The number of sulfonamides is 1. The number of pyridine rings is 1. The van der Waals surface area contributed by atoms with E-state index in [0.29, 0.717) is 12.1 Å². The highest BCUT2D eigenvalue weighted by atomic mass is 32.2. The number of hydrogen-bond acceptors (Lipinski definition) is 16. The molecule has 21 heteroatoms. The zero-order valence-corrected chi connectivity index (χ0v) is 41.7. The second-order valence-corrected chi connectivity index (χ2v) is 20.7. The van der Waals surface area contributed by atoms with Crippen LogP contribution >= 0.6 is 0 Å². The molecule has 3 aliphatic heterocycles. The zero-order valence-electron chi connectivity index (χ0n) is 40.9. The minimum Gasteiger partial charge on any atom is -0.461 e. The number of methoxy groups -OCH3 is 1. The van der Waals surface area contributed by atoms with Gasteiger partial charge in [-0.1, -0.05) is 33.8 Å². The first-order valence-corrected chi connectivity index (χ1v) is 24.6. The quantitative estimate of drug-likeness (QED) is 0.156. The second kappa shape index (κ2) is 22.3. The van der Waals surface area contributed by atoms with E-state index in [2.05, 4.69) is 15.0 Å². The average molecular weight is 975 g/mol. The number of rotatable bonds is 14. The molecule has 0 aliphatic carbocycles. The minimum atomic E-state index is -4.14. The van der Waals surface area contributed by atoms with Crippen molar-refractivity contribution in [2.75, 3.05) is 39.6 Å². The van der Waals surface area contributed by atoms with Crippen LogP contribution in [-0.2, 0) is 59.2 Å². The Morgan fingerprint density at radius 1 is 1.03 bits per heavy atom. The van der Waals surface area contributed by atoms with Crippen LogP contribution in [0.1, 0.15) is 80.3 Å². The number of primary amides is 1. The largest absolute Gasteiger partial charge is 0.461 e. The topological polar surface area (TPSA) is 265 Å². The zero-order chi connectivity index (χ0) is 50.5. The van der Waals surface area contributed by atoms with Gasteiger partial charge in [-0.15, -0.1) is 0 Å². The van der Waals surface area contributed by atoms with Gasteiger partial charge < -0.3 is 49.5 Å². The molecular weight excluding hydrogens is 905 g/mol. The lowest BCUT2D eigenvalue weighted by atomic mass is 9.73. The summed E-state index contributed by atoms with van der Waals surface area (Å²) >= 11 is 0. The molecule has 0 radical (unpaired) electrons. The number of nitrogens with zero attached hydrogens (tertiary/aromatic N) is 3. The number of nitrogens with one attached hydrogen (secondary N) is 2. The van der Waals surface area contributed by atoms with Crippen molar-refractivity contribution < 1.29 is 65.9 Å². The van der Waals surface area contributed by atoms with Crippen molar-refractivity contribution in [2.45, 2.75) is 146 Å². The monoisotopic (exact) mass is 974 g/mol. The Bertz CT molecular complexity index is 2200. The van der Waals surface area contributed by atoms with E-state index >= 15 is 0 Å². The van der Waals surface area contributed by atoms with E-state index in [1.807, 2.05) is 25.9 Å². The smallest absolute Gasteiger partial charge is 0.410 e. The van der Waals surface area contributed by atoms with Gasteiger partial charge in [0.05, 0.1) is 46.8 Å². The van der Waals surface area contributed by atoms with Crippen LogP contribution in [0.25, 0.3) is 0 Å². The molecule has 1 aromatic heterocycles. The lowest BCUT2D eigenvalue weighted by molar-refractivity contribution is -0.301. The molecule has 4 heterocycles. The Hall–Kier alpha value is -4.77. The molecule has 0 unspecified atom stereocenters. The third-order valence-electron chi connectivity index (χ3n) is 13.7. The van der Waals surface area contributed by atoms with E-state index < -0.39 is 106 Å². The summed E-state index contributed by atoms with van der Waals surface area (Å²) in [5, 5.41) is 14.1. The number of Topliss-reactive ketones (excluding diaryl/α,β-unsaturated/α-hetero) is 1. The summed E-state index contributed by atoms with van der Waals surface area (Å²) in [6.45, 7) is 13.0. The number of ketones is 1. The van der Waals surface area contributed by atoms with Crippen LogP contribution in [0.3, 0.4) is 0 Å². The highest BCUT2D eigenvalue weighted by Gasteiger charge is 2.60. The van der Waals surface area contributed by atoms with E-state index in [9.17, 15) is 37.5 Å². The Labute approximate surface area is 399 Å². The number of anilines is 1. The number of aliphatic hydroxyl groups excluding tert-OH is 1. The summed E-state index contributed by atoms with van der Waals surface area (Å²) in [6, 6.07) is 8.13. The van der Waals surface area contributed by atoms with Crippen LogP contribution in [0.15, 0.2) is 53.6 Å². The fourth-order valence-corrected chi connectivity index (χ4v) is 11.2. The third kappa shape index (κ3) is 12.1. The maximum Gasteiger partial charge on any atom is 0.410 e. The van der Waals surface area contributed by atoms with Gasteiger partial charge in [0.15, 0.2) is 11.9 Å². The molecule has 0 saturated carbocycles. The molecule has 5 rings (SSSR count). The van der Waals surface area contributed by atoms with E-state index in [-0.39, 0.29) is 60.9 Å². The average Bonchev–Trinajstić information content (AvgIpc) is 3.54. The third-order valence-corrected chi connectivity index (χ3v) is 15.2. The van der Waals surface area contributed by atoms with E-state index in [4.69, 9.17) is 34.2 Å². The van der Waals surface area contributed by atoms with Gasteiger partial charge >= 0.3 is 24.1 Å². The first kappa shape index (κ1) is 54.2. The van der Waals surface area contributed by atoms with Crippen LogP contribution < -0.4 is 15.8 Å². The summed E-state index contributed by atoms with van der Waals surface area (Å²) < 4.78 is 67.3. The van der Waals surface area contributed by atoms with Gasteiger partial charge in [-0.2, -0.15) is 0 Å². The number of ether oxygens (including phenoxy) is 6. The number of benzene rings is 1. The van der Waals surface area contributed by atoms with Gasteiger partial charge in [0.2, 0.25) is 10.0 Å². The van der Waals surface area contributed by atoms with Crippen molar-refractivity contribution >= 4 is 45.6 Å². The van der Waals surface area contributed by atoms with Crippen molar-refractivity contribution in [3.63, 3.8) is 0 Å². The van der Waals surface area contributed by atoms with E-state index in [1.165, 1.54) is 36.3 Å². The number of aliphatic hydroxyl groups is 1. The van der Waals surface area contributed by atoms with Crippen molar-refractivity contribution in [3.8, 4) is 0 Å². The lowest BCUT2D eigenvalue weighted by Gasteiger charge is -2.48. The molecule has 378 valence electrons.